The molecule has 86 valence electrons. The van der Waals surface area contributed by atoms with Crippen molar-refractivity contribution < 1.29 is 9.90 Å². The summed E-state index contributed by atoms with van der Waals surface area (Å²) in [4.78, 5) is 10.5. The molecule has 0 amide bonds. The van der Waals surface area contributed by atoms with Crippen LogP contribution in [-0.4, -0.2) is 11.1 Å². The van der Waals surface area contributed by atoms with Gasteiger partial charge in [0.1, 0.15) is 0 Å². The molecule has 0 saturated carbocycles. The fourth-order valence-electron chi connectivity index (χ4n) is 1.38. The zero-order valence-corrected chi connectivity index (χ0v) is 10.2. The average Bonchev–Trinajstić information content (AvgIpc) is 2.15. The van der Waals surface area contributed by atoms with Gasteiger partial charge in [0.25, 0.3) is 0 Å². The van der Waals surface area contributed by atoms with Gasteiger partial charge in [-0.3, -0.25) is 4.79 Å². The Morgan fingerprint density at radius 1 is 1.56 bits per heavy atom. The van der Waals surface area contributed by atoms with Crippen molar-refractivity contribution in [2.45, 2.75) is 20.3 Å². The molecule has 1 atom stereocenters. The first-order valence-corrected chi connectivity index (χ1v) is 5.53. The Kier molecular flexibility index (Phi) is 4.56. The summed E-state index contributed by atoms with van der Waals surface area (Å²) in [5, 5.41) is 9.31. The van der Waals surface area contributed by atoms with Gasteiger partial charge in [-0.2, -0.15) is 0 Å². The van der Waals surface area contributed by atoms with Crippen molar-refractivity contribution >= 4 is 23.6 Å². The number of carbonyl (C=O) groups is 1. The van der Waals surface area contributed by atoms with E-state index in [1.807, 2.05) is 44.2 Å². The first-order valence-electron chi connectivity index (χ1n) is 5.15. The van der Waals surface area contributed by atoms with E-state index >= 15 is 0 Å². The highest BCUT2D eigenvalue weighted by Gasteiger charge is 2.03. The van der Waals surface area contributed by atoms with Crippen LogP contribution in [0.25, 0.3) is 6.08 Å². The summed E-state index contributed by atoms with van der Waals surface area (Å²) in [5.74, 6) is -0.776. The summed E-state index contributed by atoms with van der Waals surface area (Å²) in [6.45, 7) is 3.85. The standard InChI is InChI=1S/C13H15ClO2/c1-9-3-5-11(12(14)7-9)6-4-10(2)8-13(15)16/h3-7,10H,8H2,1-2H3,(H,15,16)/b6-4+. The van der Waals surface area contributed by atoms with Crippen LogP contribution >= 0.6 is 11.6 Å². The van der Waals surface area contributed by atoms with Crippen molar-refractivity contribution in [3.63, 3.8) is 0 Å². The number of hydrogen-bond acceptors (Lipinski definition) is 1. The normalized spacial score (nSPS) is 12.9. The number of allylic oxidation sites excluding steroid dienone is 1. The number of halogens is 1. The molecule has 16 heavy (non-hydrogen) atoms. The van der Waals surface area contributed by atoms with Crippen molar-refractivity contribution in [2.24, 2.45) is 5.92 Å². The summed E-state index contributed by atoms with van der Waals surface area (Å²) < 4.78 is 0. The van der Waals surface area contributed by atoms with Crippen LogP contribution < -0.4 is 0 Å². The lowest BCUT2D eigenvalue weighted by atomic mass is 10.1. The fraction of sp³-hybridized carbons (Fsp3) is 0.308. The van der Waals surface area contributed by atoms with E-state index in [-0.39, 0.29) is 12.3 Å². The smallest absolute Gasteiger partial charge is 0.303 e. The number of carboxylic acids is 1. The van der Waals surface area contributed by atoms with Gasteiger partial charge in [0.05, 0.1) is 6.42 Å². The molecule has 1 aromatic rings. The van der Waals surface area contributed by atoms with Crippen LogP contribution in [-0.2, 0) is 4.79 Å². The Morgan fingerprint density at radius 3 is 2.81 bits per heavy atom. The molecule has 0 aliphatic carbocycles. The molecule has 2 nitrogen and oxygen atoms in total. The maximum Gasteiger partial charge on any atom is 0.303 e. The number of rotatable bonds is 4. The van der Waals surface area contributed by atoms with E-state index < -0.39 is 5.97 Å². The minimum Gasteiger partial charge on any atom is -0.481 e. The minimum absolute atomic E-state index is 0.00914. The van der Waals surface area contributed by atoms with Crippen LogP contribution in [0.1, 0.15) is 24.5 Å². The van der Waals surface area contributed by atoms with Gasteiger partial charge in [-0.15, -0.1) is 0 Å². The monoisotopic (exact) mass is 238 g/mol. The molecule has 0 radical (unpaired) electrons. The first-order chi connectivity index (χ1) is 7.49. The Labute approximate surface area is 101 Å². The van der Waals surface area contributed by atoms with Crippen molar-refractivity contribution in [3.05, 3.63) is 40.4 Å². The number of hydrogen-bond donors (Lipinski definition) is 1. The maximum atomic E-state index is 10.5. The molecule has 0 aliphatic heterocycles. The van der Waals surface area contributed by atoms with E-state index in [0.717, 1.165) is 11.1 Å². The summed E-state index contributed by atoms with van der Waals surface area (Å²) in [6, 6.07) is 5.80. The van der Waals surface area contributed by atoms with E-state index in [9.17, 15) is 4.79 Å². The predicted octanol–water partition coefficient (Wildman–Crippen LogP) is 3.77. The fourth-order valence-corrected chi connectivity index (χ4v) is 1.68. The quantitative estimate of drug-likeness (QED) is 0.867. The summed E-state index contributed by atoms with van der Waals surface area (Å²) >= 11 is 6.05. The average molecular weight is 239 g/mol. The zero-order valence-electron chi connectivity index (χ0n) is 9.40. The van der Waals surface area contributed by atoms with Gasteiger partial charge in [0.15, 0.2) is 0 Å². The molecule has 1 N–H and O–H groups in total. The summed E-state index contributed by atoms with van der Waals surface area (Å²) in [5.41, 5.74) is 2.03. The lowest BCUT2D eigenvalue weighted by Crippen LogP contribution is -2.00. The van der Waals surface area contributed by atoms with Gasteiger partial charge >= 0.3 is 5.97 Å². The molecule has 3 heteroatoms. The van der Waals surface area contributed by atoms with Crippen LogP contribution in [0.3, 0.4) is 0 Å². The van der Waals surface area contributed by atoms with Gasteiger partial charge in [0.2, 0.25) is 0 Å². The second-order valence-corrected chi connectivity index (χ2v) is 4.37. The largest absolute Gasteiger partial charge is 0.481 e. The number of carboxylic acid groups (broad SMARTS) is 1. The third kappa shape index (κ3) is 4.07. The molecule has 0 fully saturated rings. The van der Waals surface area contributed by atoms with E-state index in [1.165, 1.54) is 0 Å². The lowest BCUT2D eigenvalue weighted by molar-refractivity contribution is -0.137. The molecule has 0 aromatic heterocycles. The Bertz CT molecular complexity index is 410. The molecule has 0 aliphatic rings. The van der Waals surface area contributed by atoms with E-state index in [2.05, 4.69) is 0 Å². The van der Waals surface area contributed by atoms with Crippen molar-refractivity contribution in [3.8, 4) is 0 Å². The van der Waals surface area contributed by atoms with E-state index in [1.54, 1.807) is 0 Å². The second-order valence-electron chi connectivity index (χ2n) is 3.96. The summed E-state index contributed by atoms with van der Waals surface area (Å²) in [7, 11) is 0. The Hall–Kier alpha value is -1.28. The van der Waals surface area contributed by atoms with E-state index in [0.29, 0.717) is 5.02 Å². The molecule has 0 spiro atoms. The van der Waals surface area contributed by atoms with Gasteiger partial charge in [-0.05, 0) is 30.0 Å². The van der Waals surface area contributed by atoms with Gasteiger partial charge < -0.3 is 5.11 Å². The number of aryl methyl sites for hydroxylation is 1. The van der Waals surface area contributed by atoms with Crippen LogP contribution in [0.4, 0.5) is 0 Å². The SMILES string of the molecule is Cc1ccc(/C=C/C(C)CC(=O)O)c(Cl)c1. The molecule has 1 rings (SSSR count). The van der Waals surface area contributed by atoms with Gasteiger partial charge in [-0.25, -0.2) is 0 Å². The predicted molar refractivity (Wildman–Crippen MR) is 66.6 cm³/mol. The second kappa shape index (κ2) is 5.71. The minimum atomic E-state index is -0.785. The first kappa shape index (κ1) is 12.8. The molecule has 1 unspecified atom stereocenters. The Morgan fingerprint density at radius 2 is 2.25 bits per heavy atom. The highest BCUT2D eigenvalue weighted by molar-refractivity contribution is 6.32. The van der Waals surface area contributed by atoms with Crippen LogP contribution in [0.2, 0.25) is 5.02 Å². The van der Waals surface area contributed by atoms with Crippen molar-refractivity contribution in [1.29, 1.82) is 0 Å². The Balaban J connectivity index is 2.72. The number of benzene rings is 1. The van der Waals surface area contributed by atoms with Crippen LogP contribution in [0.15, 0.2) is 24.3 Å². The molecule has 1 aromatic carbocycles. The maximum absolute atomic E-state index is 10.5. The molecule has 0 heterocycles. The van der Waals surface area contributed by atoms with Crippen LogP contribution in [0, 0.1) is 12.8 Å². The molecule has 0 saturated heterocycles. The van der Waals surface area contributed by atoms with Gasteiger partial charge in [-0.1, -0.05) is 42.8 Å². The topological polar surface area (TPSA) is 37.3 Å². The molecular weight excluding hydrogens is 224 g/mol. The third-order valence-electron chi connectivity index (χ3n) is 2.26. The third-order valence-corrected chi connectivity index (χ3v) is 2.58. The van der Waals surface area contributed by atoms with Crippen molar-refractivity contribution in [2.75, 3.05) is 0 Å². The van der Waals surface area contributed by atoms with Gasteiger partial charge in [0, 0.05) is 5.02 Å². The van der Waals surface area contributed by atoms with Crippen LogP contribution in [0.5, 0.6) is 0 Å². The highest BCUT2D eigenvalue weighted by Crippen LogP contribution is 2.20. The zero-order chi connectivity index (χ0) is 12.1. The molecular formula is C13H15ClO2. The van der Waals surface area contributed by atoms with Crippen molar-refractivity contribution in [1.82, 2.24) is 0 Å². The van der Waals surface area contributed by atoms with E-state index in [4.69, 9.17) is 16.7 Å². The highest BCUT2D eigenvalue weighted by atomic mass is 35.5. The lowest BCUT2D eigenvalue weighted by Gasteiger charge is -2.03. The summed E-state index contributed by atoms with van der Waals surface area (Å²) in [6.07, 6.45) is 3.88. The molecule has 0 bridgehead atoms. The number of aliphatic carboxylic acids is 1.